The summed E-state index contributed by atoms with van der Waals surface area (Å²) in [4.78, 5) is 20.2. The molecule has 2 heterocycles. The Balaban J connectivity index is 1.65. The van der Waals surface area contributed by atoms with Crippen LogP contribution in [0.5, 0.6) is 11.5 Å². The third-order valence-corrected chi connectivity index (χ3v) is 6.06. The molecule has 7 nitrogen and oxygen atoms in total. The number of aromatic nitrogens is 3. The molecule has 0 saturated carbocycles. The fourth-order valence-electron chi connectivity index (χ4n) is 4.44. The molecule has 166 valence electrons. The van der Waals surface area contributed by atoms with Crippen LogP contribution in [0.15, 0.2) is 85.2 Å². The number of hydrogen-bond acceptors (Lipinski definition) is 5. The summed E-state index contributed by atoms with van der Waals surface area (Å²) >= 11 is 0. The lowest BCUT2D eigenvalue weighted by molar-refractivity contribution is 0.0960. The summed E-state index contributed by atoms with van der Waals surface area (Å²) < 4.78 is 12.7. The van der Waals surface area contributed by atoms with Crippen LogP contribution in [0.2, 0.25) is 0 Å². The number of methoxy groups -OCH3 is 2. The second-order valence-corrected chi connectivity index (χ2v) is 7.83. The molecule has 7 heteroatoms. The minimum absolute atomic E-state index is 0.0579. The number of benzene rings is 3. The van der Waals surface area contributed by atoms with Gasteiger partial charge in [-0.05, 0) is 41.8 Å². The molecule has 33 heavy (non-hydrogen) atoms. The van der Waals surface area contributed by atoms with Crippen LogP contribution in [-0.2, 0) is 0 Å². The molecule has 0 saturated heterocycles. The maximum atomic E-state index is 13.9. The van der Waals surface area contributed by atoms with Gasteiger partial charge in [0, 0.05) is 0 Å². The Hall–Kier alpha value is -4.13. The zero-order valence-electron chi connectivity index (χ0n) is 18.5. The lowest BCUT2D eigenvalue weighted by atomic mass is 9.91. The Labute approximate surface area is 192 Å². The van der Waals surface area contributed by atoms with Crippen molar-refractivity contribution in [2.45, 2.75) is 18.5 Å². The first-order valence-corrected chi connectivity index (χ1v) is 10.8. The highest BCUT2D eigenvalue weighted by molar-refractivity contribution is 6.07. The molecule has 4 aromatic rings. The number of hydrogen-bond donors (Lipinski definition) is 0. The smallest absolute Gasteiger partial charge is 0.264 e. The highest BCUT2D eigenvalue weighted by Crippen LogP contribution is 2.43. The minimum Gasteiger partial charge on any atom is -0.497 e. The van der Waals surface area contributed by atoms with Gasteiger partial charge in [-0.15, -0.1) is 0 Å². The summed E-state index contributed by atoms with van der Waals surface area (Å²) in [6, 6.07) is 24.9. The predicted octanol–water partition coefficient (Wildman–Crippen LogP) is 4.68. The molecule has 2 atom stereocenters. The molecular formula is C26H24N4O3. The van der Waals surface area contributed by atoms with Crippen LogP contribution in [0.25, 0.3) is 0 Å². The summed E-state index contributed by atoms with van der Waals surface area (Å²) in [5, 5.41) is 4.50. The maximum Gasteiger partial charge on any atom is 0.264 e. The molecule has 1 amide bonds. The van der Waals surface area contributed by atoms with Gasteiger partial charge in [-0.3, -0.25) is 9.69 Å². The maximum absolute atomic E-state index is 13.9. The average Bonchev–Trinajstić information content (AvgIpc) is 3.37. The zero-order chi connectivity index (χ0) is 22.8. The van der Waals surface area contributed by atoms with E-state index in [1.807, 2.05) is 59.3 Å². The van der Waals surface area contributed by atoms with Crippen molar-refractivity contribution < 1.29 is 14.3 Å². The molecule has 1 aliphatic rings. The predicted molar refractivity (Wildman–Crippen MR) is 125 cm³/mol. The van der Waals surface area contributed by atoms with E-state index in [2.05, 4.69) is 22.2 Å². The third-order valence-electron chi connectivity index (χ3n) is 6.06. The van der Waals surface area contributed by atoms with Gasteiger partial charge in [-0.25, -0.2) is 4.68 Å². The number of anilines is 1. The standard InChI is InChI=1S/C26H24N4O3/c1-32-20-14-12-19(13-15-20)22-16-23(18-8-4-3-5-9-18)30-26(27-17-28-30)29(22)25(31)21-10-6-7-11-24(21)33-2/h3-15,17,22-23H,16H2,1-2H3/t22-,23-/m0/s1. The van der Waals surface area contributed by atoms with E-state index in [9.17, 15) is 4.79 Å². The van der Waals surface area contributed by atoms with Crippen molar-refractivity contribution in [1.82, 2.24) is 14.8 Å². The van der Waals surface area contributed by atoms with E-state index in [0.29, 0.717) is 23.7 Å². The second-order valence-electron chi connectivity index (χ2n) is 7.83. The normalized spacial score (nSPS) is 17.3. The monoisotopic (exact) mass is 440 g/mol. The Kier molecular flexibility index (Phi) is 5.52. The molecule has 0 fully saturated rings. The lowest BCUT2D eigenvalue weighted by Gasteiger charge is -2.39. The Bertz CT molecular complexity index is 1250. The van der Waals surface area contributed by atoms with Crippen LogP contribution in [0.4, 0.5) is 5.95 Å². The van der Waals surface area contributed by atoms with Crippen LogP contribution < -0.4 is 14.4 Å². The van der Waals surface area contributed by atoms with Crippen molar-refractivity contribution in [3.05, 3.63) is 102 Å². The van der Waals surface area contributed by atoms with Crippen LogP contribution in [0.1, 0.15) is 40.0 Å². The highest BCUT2D eigenvalue weighted by atomic mass is 16.5. The van der Waals surface area contributed by atoms with Gasteiger partial charge in [0.05, 0.1) is 31.9 Å². The van der Waals surface area contributed by atoms with Crippen LogP contribution in [0.3, 0.4) is 0 Å². The molecule has 1 aliphatic heterocycles. The van der Waals surface area contributed by atoms with Crippen molar-refractivity contribution >= 4 is 11.9 Å². The molecule has 0 aliphatic carbocycles. The number of carbonyl (C=O) groups is 1. The van der Waals surface area contributed by atoms with Crippen molar-refractivity contribution in [3.63, 3.8) is 0 Å². The number of rotatable bonds is 5. The first-order chi connectivity index (χ1) is 16.2. The SMILES string of the molecule is COc1ccc([C@@H]2C[C@@H](c3ccccc3)n3ncnc3N2C(=O)c2ccccc2OC)cc1. The van der Waals surface area contributed by atoms with Gasteiger partial charge in [0.25, 0.3) is 5.91 Å². The highest BCUT2D eigenvalue weighted by Gasteiger charge is 2.40. The summed E-state index contributed by atoms with van der Waals surface area (Å²) in [7, 11) is 3.21. The molecule has 0 N–H and O–H groups in total. The van der Waals surface area contributed by atoms with Gasteiger partial charge in [0.2, 0.25) is 5.95 Å². The van der Waals surface area contributed by atoms with Crippen LogP contribution in [0, 0.1) is 0 Å². The summed E-state index contributed by atoms with van der Waals surface area (Å²) in [5.74, 6) is 1.60. The molecule has 0 bridgehead atoms. The quantitative estimate of drug-likeness (QED) is 0.451. The first kappa shape index (κ1) is 20.8. The third kappa shape index (κ3) is 3.71. The summed E-state index contributed by atoms with van der Waals surface area (Å²) in [5.41, 5.74) is 2.59. The number of amides is 1. The van der Waals surface area contributed by atoms with Gasteiger partial charge >= 0.3 is 0 Å². The van der Waals surface area contributed by atoms with E-state index in [1.165, 1.54) is 6.33 Å². The van der Waals surface area contributed by atoms with E-state index in [1.54, 1.807) is 31.3 Å². The molecule has 5 rings (SSSR count). The van der Waals surface area contributed by atoms with Gasteiger partial charge in [0.15, 0.2) is 0 Å². The number of para-hydroxylation sites is 1. The molecule has 3 aromatic carbocycles. The molecule has 0 unspecified atom stereocenters. The van der Waals surface area contributed by atoms with E-state index < -0.39 is 0 Å². The van der Waals surface area contributed by atoms with E-state index in [-0.39, 0.29) is 18.0 Å². The molecule has 0 spiro atoms. The second kappa shape index (κ2) is 8.78. The van der Waals surface area contributed by atoms with Crippen molar-refractivity contribution in [1.29, 1.82) is 0 Å². The van der Waals surface area contributed by atoms with Gasteiger partial charge in [-0.2, -0.15) is 10.1 Å². The Morgan fingerprint density at radius 2 is 1.55 bits per heavy atom. The summed E-state index contributed by atoms with van der Waals surface area (Å²) in [6.45, 7) is 0. The topological polar surface area (TPSA) is 69.5 Å². The first-order valence-electron chi connectivity index (χ1n) is 10.8. The number of nitrogens with zero attached hydrogens (tertiary/aromatic N) is 4. The minimum atomic E-state index is -0.254. The molecule has 1 aromatic heterocycles. The van der Waals surface area contributed by atoms with Crippen LogP contribution in [-0.4, -0.2) is 34.9 Å². The Morgan fingerprint density at radius 1 is 0.848 bits per heavy atom. The van der Waals surface area contributed by atoms with Crippen molar-refractivity contribution in [2.24, 2.45) is 0 Å². The fraction of sp³-hybridized carbons (Fsp3) is 0.192. The number of carbonyl (C=O) groups excluding carboxylic acids is 1. The lowest BCUT2D eigenvalue weighted by Crippen LogP contribution is -2.42. The van der Waals surface area contributed by atoms with Gasteiger partial charge < -0.3 is 9.47 Å². The van der Waals surface area contributed by atoms with Gasteiger partial charge in [-0.1, -0.05) is 54.6 Å². The zero-order valence-corrected chi connectivity index (χ0v) is 18.5. The summed E-state index contributed by atoms with van der Waals surface area (Å²) in [6.07, 6.45) is 2.15. The largest absolute Gasteiger partial charge is 0.497 e. The van der Waals surface area contributed by atoms with Crippen LogP contribution >= 0.6 is 0 Å². The molecule has 0 radical (unpaired) electrons. The van der Waals surface area contributed by atoms with E-state index in [4.69, 9.17) is 9.47 Å². The van der Waals surface area contributed by atoms with Gasteiger partial charge in [0.1, 0.15) is 17.8 Å². The van der Waals surface area contributed by atoms with Crippen molar-refractivity contribution in [3.8, 4) is 11.5 Å². The Morgan fingerprint density at radius 3 is 2.27 bits per heavy atom. The van der Waals surface area contributed by atoms with E-state index >= 15 is 0 Å². The van der Waals surface area contributed by atoms with Crippen molar-refractivity contribution in [2.75, 3.05) is 19.1 Å². The van der Waals surface area contributed by atoms with E-state index in [0.717, 1.165) is 16.9 Å². The number of ether oxygens (including phenoxy) is 2. The number of fused-ring (bicyclic) bond motifs is 1. The fourth-order valence-corrected chi connectivity index (χ4v) is 4.44. The average molecular weight is 441 g/mol. The molecular weight excluding hydrogens is 416 g/mol.